The zero-order valence-corrected chi connectivity index (χ0v) is 18.2. The van der Waals surface area contributed by atoms with E-state index >= 15 is 0 Å². The maximum Gasteiger partial charge on any atom is 0.328 e. The van der Waals surface area contributed by atoms with Gasteiger partial charge in [0.2, 0.25) is 0 Å². The Morgan fingerprint density at radius 2 is 2.18 bits per heavy atom. The van der Waals surface area contributed by atoms with Crippen LogP contribution >= 0.6 is 27.7 Å². The summed E-state index contributed by atoms with van der Waals surface area (Å²) in [5.74, 6) is 0.319. The van der Waals surface area contributed by atoms with Crippen molar-refractivity contribution in [3.05, 3.63) is 52.0 Å². The minimum absolute atomic E-state index is 0.293. The summed E-state index contributed by atoms with van der Waals surface area (Å²) in [7, 11) is 1.34. The first-order valence-corrected chi connectivity index (χ1v) is 11.1. The molecule has 1 aliphatic heterocycles. The number of nitrogens with zero attached hydrogens (tertiary/aromatic N) is 2. The Bertz CT molecular complexity index is 827. The summed E-state index contributed by atoms with van der Waals surface area (Å²) in [6.07, 6.45) is 4.82. The lowest BCUT2D eigenvalue weighted by molar-refractivity contribution is -0.142. The van der Waals surface area contributed by atoms with Crippen LogP contribution < -0.4 is 5.32 Å². The van der Waals surface area contributed by atoms with E-state index in [1.165, 1.54) is 7.11 Å². The second-order valence-corrected chi connectivity index (χ2v) is 8.37. The van der Waals surface area contributed by atoms with Gasteiger partial charge in [-0.15, -0.1) is 0 Å². The average molecular weight is 467 g/mol. The molecule has 0 aliphatic carbocycles. The van der Waals surface area contributed by atoms with Crippen LogP contribution in [0.5, 0.6) is 0 Å². The van der Waals surface area contributed by atoms with E-state index in [-0.39, 0.29) is 12.1 Å². The molecule has 2 amide bonds. The van der Waals surface area contributed by atoms with Gasteiger partial charge in [0.1, 0.15) is 12.1 Å². The fraction of sp³-hybridized carbons (Fsp3) is 0.421. The number of H-pyrrole nitrogens is 1. The predicted molar refractivity (Wildman–Crippen MR) is 112 cm³/mol. The van der Waals surface area contributed by atoms with Gasteiger partial charge in [-0.05, 0) is 36.1 Å². The van der Waals surface area contributed by atoms with Crippen LogP contribution in [0.3, 0.4) is 0 Å². The molecule has 1 aliphatic rings. The van der Waals surface area contributed by atoms with E-state index in [2.05, 4.69) is 31.2 Å². The maximum atomic E-state index is 13.1. The highest BCUT2D eigenvalue weighted by molar-refractivity contribution is 9.10. The predicted octanol–water partition coefficient (Wildman–Crippen LogP) is 3.12. The summed E-state index contributed by atoms with van der Waals surface area (Å²) in [5.41, 5.74) is 2.83. The summed E-state index contributed by atoms with van der Waals surface area (Å²) in [5, 5.41) is 2.86. The topological polar surface area (TPSA) is 87.3 Å². The monoisotopic (exact) mass is 466 g/mol. The van der Waals surface area contributed by atoms with Crippen molar-refractivity contribution in [3.8, 4) is 0 Å². The van der Waals surface area contributed by atoms with Crippen molar-refractivity contribution in [2.75, 3.05) is 25.7 Å². The van der Waals surface area contributed by atoms with Crippen molar-refractivity contribution in [1.29, 1.82) is 0 Å². The average Bonchev–Trinajstić information content (AvgIpc) is 3.19. The van der Waals surface area contributed by atoms with E-state index in [9.17, 15) is 9.59 Å². The molecular weight excluding hydrogens is 444 g/mol. The van der Waals surface area contributed by atoms with E-state index in [4.69, 9.17) is 4.74 Å². The van der Waals surface area contributed by atoms with Crippen LogP contribution in [0.25, 0.3) is 0 Å². The number of benzene rings is 1. The minimum Gasteiger partial charge on any atom is -0.467 e. The molecule has 7 nitrogen and oxygen atoms in total. The van der Waals surface area contributed by atoms with Crippen molar-refractivity contribution in [3.63, 3.8) is 0 Å². The number of carbonyl (C=O) groups excluding carboxylic acids is 2. The zero-order valence-electron chi connectivity index (χ0n) is 15.8. The second-order valence-electron chi connectivity index (χ2n) is 6.47. The molecule has 0 saturated carbocycles. The number of aromatic nitrogens is 2. The van der Waals surface area contributed by atoms with Gasteiger partial charge in [-0.1, -0.05) is 28.1 Å². The third-order valence-electron chi connectivity index (χ3n) is 4.77. The summed E-state index contributed by atoms with van der Waals surface area (Å²) < 4.78 is 5.83. The molecule has 0 bridgehead atoms. The van der Waals surface area contributed by atoms with Crippen LogP contribution in [-0.2, 0) is 16.0 Å². The highest BCUT2D eigenvalue weighted by atomic mass is 79.9. The second kappa shape index (κ2) is 9.47. The van der Waals surface area contributed by atoms with Gasteiger partial charge in [-0.25, -0.2) is 14.6 Å². The molecule has 0 spiro atoms. The van der Waals surface area contributed by atoms with Crippen molar-refractivity contribution in [2.45, 2.75) is 24.9 Å². The summed E-state index contributed by atoms with van der Waals surface area (Å²) in [6, 6.07) is 6.56. The molecule has 0 radical (unpaired) electrons. The molecular formula is C19H23BrN4O3S. The standard InChI is InChI=1S/C19H23BrN4O3S/c1-27-18(25)15(8-10-28-2)23-19(26)24-9-7-14-16(22-11-21-14)17(24)12-3-5-13(20)6-4-12/h3-6,11,15,17H,7-10H2,1-2H3,(H,21,22)(H,23,26)/t15-,17-/m0/s1. The fourth-order valence-electron chi connectivity index (χ4n) is 3.34. The Morgan fingerprint density at radius 3 is 2.86 bits per heavy atom. The van der Waals surface area contributed by atoms with Crippen LogP contribution in [0, 0.1) is 0 Å². The van der Waals surface area contributed by atoms with E-state index in [0.29, 0.717) is 19.4 Å². The first-order valence-electron chi connectivity index (χ1n) is 8.96. The summed E-state index contributed by atoms with van der Waals surface area (Å²) in [6.45, 7) is 0.526. The van der Waals surface area contributed by atoms with E-state index < -0.39 is 12.0 Å². The lowest BCUT2D eigenvalue weighted by Gasteiger charge is -2.36. The van der Waals surface area contributed by atoms with E-state index in [1.54, 1.807) is 23.0 Å². The molecule has 150 valence electrons. The van der Waals surface area contributed by atoms with Gasteiger partial charge in [0, 0.05) is 23.1 Å². The van der Waals surface area contributed by atoms with Crippen LogP contribution in [-0.4, -0.2) is 58.6 Å². The first kappa shape index (κ1) is 20.7. The van der Waals surface area contributed by atoms with Crippen molar-refractivity contribution < 1.29 is 14.3 Å². The molecule has 2 atom stereocenters. The molecule has 1 aromatic heterocycles. The molecule has 0 fully saturated rings. The maximum absolute atomic E-state index is 13.1. The number of thioether (sulfide) groups is 1. The first-order chi connectivity index (χ1) is 13.5. The molecule has 28 heavy (non-hydrogen) atoms. The highest BCUT2D eigenvalue weighted by Crippen LogP contribution is 2.34. The Morgan fingerprint density at radius 1 is 1.43 bits per heavy atom. The van der Waals surface area contributed by atoms with E-state index in [1.807, 2.05) is 30.5 Å². The number of methoxy groups -OCH3 is 1. The molecule has 2 aromatic rings. The van der Waals surface area contributed by atoms with Gasteiger partial charge in [-0.3, -0.25) is 0 Å². The normalized spacial score (nSPS) is 17.0. The molecule has 0 unspecified atom stereocenters. The van der Waals surface area contributed by atoms with Crippen LogP contribution in [0.2, 0.25) is 0 Å². The Balaban J connectivity index is 1.86. The fourth-order valence-corrected chi connectivity index (χ4v) is 4.07. The Kier molecular flexibility index (Phi) is 7.01. The number of carbonyl (C=O) groups is 2. The number of esters is 1. The van der Waals surface area contributed by atoms with Gasteiger partial charge >= 0.3 is 12.0 Å². The van der Waals surface area contributed by atoms with Crippen molar-refractivity contribution >= 4 is 39.7 Å². The largest absolute Gasteiger partial charge is 0.467 e. The molecule has 1 aromatic carbocycles. The number of fused-ring (bicyclic) bond motifs is 1. The molecule has 9 heteroatoms. The lowest BCUT2D eigenvalue weighted by atomic mass is 9.96. The third-order valence-corrected chi connectivity index (χ3v) is 5.94. The number of nitrogens with one attached hydrogen (secondary N) is 2. The highest BCUT2D eigenvalue weighted by Gasteiger charge is 2.35. The number of hydrogen-bond donors (Lipinski definition) is 2. The van der Waals surface area contributed by atoms with Gasteiger partial charge in [0.05, 0.1) is 19.1 Å². The third kappa shape index (κ3) is 4.52. The van der Waals surface area contributed by atoms with Crippen LogP contribution in [0.15, 0.2) is 35.1 Å². The van der Waals surface area contributed by atoms with Crippen LogP contribution in [0.4, 0.5) is 4.79 Å². The number of hydrogen-bond acceptors (Lipinski definition) is 5. The number of imidazole rings is 1. The number of ether oxygens (including phenoxy) is 1. The summed E-state index contributed by atoms with van der Waals surface area (Å²) in [4.78, 5) is 34.6. The quantitative estimate of drug-likeness (QED) is 0.638. The van der Waals surface area contributed by atoms with Gasteiger partial charge in [0.25, 0.3) is 0 Å². The molecule has 3 rings (SSSR count). The number of urea groups is 1. The van der Waals surface area contributed by atoms with Gasteiger partial charge < -0.3 is 19.9 Å². The smallest absolute Gasteiger partial charge is 0.328 e. The number of halogens is 1. The molecule has 2 heterocycles. The lowest BCUT2D eigenvalue weighted by Crippen LogP contribution is -2.51. The molecule has 2 N–H and O–H groups in total. The van der Waals surface area contributed by atoms with Crippen molar-refractivity contribution in [2.24, 2.45) is 0 Å². The zero-order chi connectivity index (χ0) is 20.1. The SMILES string of the molecule is COC(=O)[C@H](CCSC)NC(=O)N1CCc2[nH]cnc2[C@@H]1c1ccc(Br)cc1. The number of aromatic amines is 1. The minimum atomic E-state index is -0.670. The number of rotatable bonds is 6. The van der Waals surface area contributed by atoms with E-state index in [0.717, 1.165) is 27.2 Å². The summed E-state index contributed by atoms with van der Waals surface area (Å²) >= 11 is 5.07. The van der Waals surface area contributed by atoms with Gasteiger partial charge in [-0.2, -0.15) is 11.8 Å². The Labute approximate surface area is 176 Å². The van der Waals surface area contributed by atoms with Crippen molar-refractivity contribution in [1.82, 2.24) is 20.2 Å². The Hall–Kier alpha value is -2.00. The number of amides is 2. The van der Waals surface area contributed by atoms with Gasteiger partial charge in [0.15, 0.2) is 0 Å². The van der Waals surface area contributed by atoms with Crippen LogP contribution in [0.1, 0.15) is 29.4 Å². The molecule has 0 saturated heterocycles.